The first-order chi connectivity index (χ1) is 17.5. The van der Waals surface area contributed by atoms with Gasteiger partial charge in [-0.2, -0.15) is 0 Å². The number of carbonyl (C=O) groups excluding carboxylic acids is 2. The summed E-state index contributed by atoms with van der Waals surface area (Å²) in [6.07, 6.45) is 5.90. The number of nitrogens with zero attached hydrogens (tertiary/aromatic N) is 4. The van der Waals surface area contributed by atoms with Crippen molar-refractivity contribution >= 4 is 23.2 Å². The Morgan fingerprint density at radius 2 is 1.86 bits per heavy atom. The fourth-order valence-corrected chi connectivity index (χ4v) is 5.99. The summed E-state index contributed by atoms with van der Waals surface area (Å²) in [7, 11) is 3.30. The number of aromatic nitrogens is 2. The number of imidazole rings is 1. The van der Waals surface area contributed by atoms with Gasteiger partial charge in [0.15, 0.2) is 0 Å². The standard InChI is InChI=1S/C27H32N4O4S/c1-34-22-12-19(13-23(15-22)35-2)16-30-10-7-28-26(30)20-5-8-29(9-6-20)27(33)21-14-25(32)31(17-21)18-24-4-3-11-36-24/h3-4,7,10-13,15,20-21H,5-6,8-9,14,16-18H2,1-2H3. The molecule has 9 heteroatoms. The second-order valence-electron chi connectivity index (χ2n) is 9.49. The maximum absolute atomic E-state index is 13.2. The van der Waals surface area contributed by atoms with E-state index in [4.69, 9.17) is 9.47 Å². The molecule has 2 aliphatic heterocycles. The molecule has 36 heavy (non-hydrogen) atoms. The van der Waals surface area contributed by atoms with E-state index < -0.39 is 0 Å². The maximum atomic E-state index is 13.2. The topological polar surface area (TPSA) is 76.9 Å². The summed E-state index contributed by atoms with van der Waals surface area (Å²) >= 11 is 1.64. The predicted octanol–water partition coefficient (Wildman–Crippen LogP) is 3.76. The zero-order chi connectivity index (χ0) is 25.1. The number of hydrogen-bond acceptors (Lipinski definition) is 6. The van der Waals surface area contributed by atoms with Crippen LogP contribution in [-0.4, -0.2) is 65.0 Å². The molecule has 2 fully saturated rings. The van der Waals surface area contributed by atoms with Crippen LogP contribution in [0.4, 0.5) is 0 Å². The molecule has 0 aliphatic carbocycles. The highest BCUT2D eigenvalue weighted by molar-refractivity contribution is 7.09. The van der Waals surface area contributed by atoms with Gasteiger partial charge in [0.25, 0.3) is 0 Å². The first-order valence-electron chi connectivity index (χ1n) is 12.4. The van der Waals surface area contributed by atoms with Gasteiger partial charge in [0.1, 0.15) is 17.3 Å². The van der Waals surface area contributed by atoms with Crippen LogP contribution in [0.15, 0.2) is 48.1 Å². The highest BCUT2D eigenvalue weighted by Crippen LogP contribution is 2.31. The number of hydrogen-bond donors (Lipinski definition) is 0. The summed E-state index contributed by atoms with van der Waals surface area (Å²) in [5.74, 6) is 2.81. The number of methoxy groups -OCH3 is 2. The number of benzene rings is 1. The average Bonchev–Trinajstić information content (AvgIpc) is 3.66. The number of likely N-dealkylation sites (tertiary alicyclic amines) is 2. The van der Waals surface area contributed by atoms with Crippen LogP contribution >= 0.6 is 11.3 Å². The molecule has 0 bridgehead atoms. The fourth-order valence-electron chi connectivity index (χ4n) is 5.27. The quantitative estimate of drug-likeness (QED) is 0.463. The van der Waals surface area contributed by atoms with Gasteiger partial charge in [0.2, 0.25) is 11.8 Å². The summed E-state index contributed by atoms with van der Waals surface area (Å²) in [5, 5.41) is 2.02. The van der Waals surface area contributed by atoms with Gasteiger partial charge in [-0.25, -0.2) is 4.98 Å². The Morgan fingerprint density at radius 1 is 1.11 bits per heavy atom. The van der Waals surface area contributed by atoms with E-state index in [-0.39, 0.29) is 23.7 Å². The van der Waals surface area contributed by atoms with Crippen molar-refractivity contribution in [2.24, 2.45) is 5.92 Å². The van der Waals surface area contributed by atoms with Gasteiger partial charge in [0.05, 0.1) is 26.7 Å². The Morgan fingerprint density at radius 3 is 2.53 bits per heavy atom. The maximum Gasteiger partial charge on any atom is 0.227 e. The molecule has 190 valence electrons. The van der Waals surface area contributed by atoms with Gasteiger partial charge in [0, 0.05) is 61.9 Å². The van der Waals surface area contributed by atoms with Crippen LogP contribution in [0.1, 0.15) is 41.4 Å². The molecule has 1 unspecified atom stereocenters. The molecule has 1 atom stereocenters. The first-order valence-corrected chi connectivity index (χ1v) is 13.2. The van der Waals surface area contributed by atoms with E-state index in [1.165, 1.54) is 0 Å². The van der Waals surface area contributed by atoms with Crippen molar-refractivity contribution in [3.63, 3.8) is 0 Å². The lowest BCUT2D eigenvalue weighted by atomic mass is 9.94. The van der Waals surface area contributed by atoms with Crippen molar-refractivity contribution in [2.45, 2.75) is 38.3 Å². The predicted molar refractivity (Wildman–Crippen MR) is 137 cm³/mol. The molecule has 2 saturated heterocycles. The van der Waals surface area contributed by atoms with Crippen LogP contribution in [0.5, 0.6) is 11.5 Å². The van der Waals surface area contributed by atoms with Crippen LogP contribution in [0.25, 0.3) is 0 Å². The Kier molecular flexibility index (Phi) is 7.27. The lowest BCUT2D eigenvalue weighted by Gasteiger charge is -2.33. The summed E-state index contributed by atoms with van der Waals surface area (Å²) < 4.78 is 13.0. The second kappa shape index (κ2) is 10.7. The van der Waals surface area contributed by atoms with Gasteiger partial charge >= 0.3 is 0 Å². The smallest absolute Gasteiger partial charge is 0.227 e. The number of carbonyl (C=O) groups is 2. The van der Waals surface area contributed by atoms with Gasteiger partial charge in [-0.05, 0) is 42.0 Å². The molecule has 4 heterocycles. The Bertz CT molecular complexity index is 1180. The molecule has 1 aromatic carbocycles. The zero-order valence-corrected chi connectivity index (χ0v) is 21.6. The number of piperidine rings is 1. The summed E-state index contributed by atoms with van der Waals surface area (Å²) in [5.41, 5.74) is 1.08. The van der Waals surface area contributed by atoms with E-state index in [2.05, 4.69) is 9.55 Å². The summed E-state index contributed by atoms with van der Waals surface area (Å²) in [4.78, 5) is 35.3. The normalized spacial score (nSPS) is 18.6. The Labute approximate surface area is 215 Å². The van der Waals surface area contributed by atoms with Gasteiger partial charge in [-0.3, -0.25) is 9.59 Å². The second-order valence-corrected chi connectivity index (χ2v) is 10.5. The third-order valence-corrected chi connectivity index (χ3v) is 8.04. The molecular weight excluding hydrogens is 476 g/mol. The zero-order valence-electron chi connectivity index (χ0n) is 20.8. The molecule has 3 aromatic rings. The minimum atomic E-state index is -0.237. The third kappa shape index (κ3) is 5.26. The van der Waals surface area contributed by atoms with E-state index in [0.717, 1.165) is 40.6 Å². The lowest BCUT2D eigenvalue weighted by Crippen LogP contribution is -2.42. The number of amides is 2. The van der Waals surface area contributed by atoms with Gasteiger partial charge in [-0.15, -0.1) is 11.3 Å². The number of rotatable bonds is 8. The molecule has 0 saturated carbocycles. The van der Waals surface area contributed by atoms with Crippen LogP contribution in [0.3, 0.4) is 0 Å². The van der Waals surface area contributed by atoms with Crippen LogP contribution in [0.2, 0.25) is 0 Å². The lowest BCUT2D eigenvalue weighted by molar-refractivity contribution is -0.136. The molecular formula is C27H32N4O4S. The molecule has 5 rings (SSSR count). The molecule has 0 spiro atoms. The van der Waals surface area contributed by atoms with E-state index in [1.807, 2.05) is 57.9 Å². The molecule has 2 aliphatic rings. The highest BCUT2D eigenvalue weighted by Gasteiger charge is 2.38. The minimum absolute atomic E-state index is 0.0767. The Hall–Kier alpha value is -3.33. The molecule has 0 N–H and O–H groups in total. The van der Waals surface area contributed by atoms with Crippen LogP contribution < -0.4 is 9.47 Å². The van der Waals surface area contributed by atoms with Crippen molar-refractivity contribution in [3.8, 4) is 11.5 Å². The van der Waals surface area contributed by atoms with Crippen molar-refractivity contribution in [1.82, 2.24) is 19.4 Å². The first kappa shape index (κ1) is 24.4. The fraction of sp³-hybridized carbons (Fsp3) is 0.444. The molecule has 0 radical (unpaired) electrons. The number of thiophene rings is 1. The molecule has 8 nitrogen and oxygen atoms in total. The van der Waals surface area contributed by atoms with Crippen molar-refractivity contribution < 1.29 is 19.1 Å². The largest absolute Gasteiger partial charge is 0.497 e. The Balaban J connectivity index is 1.18. The van der Waals surface area contributed by atoms with Crippen LogP contribution in [-0.2, 0) is 22.7 Å². The van der Waals surface area contributed by atoms with Gasteiger partial charge in [-0.1, -0.05) is 6.07 Å². The van der Waals surface area contributed by atoms with Crippen LogP contribution in [0, 0.1) is 5.92 Å². The SMILES string of the molecule is COc1cc(Cn2ccnc2C2CCN(C(=O)C3CC(=O)N(Cc4cccs4)C3)CC2)cc(OC)c1. The van der Waals surface area contributed by atoms with Crippen molar-refractivity contribution in [2.75, 3.05) is 33.9 Å². The molecule has 2 aromatic heterocycles. The van der Waals surface area contributed by atoms with E-state index in [0.29, 0.717) is 39.1 Å². The average molecular weight is 509 g/mol. The van der Waals surface area contributed by atoms with E-state index >= 15 is 0 Å². The van der Waals surface area contributed by atoms with Crippen molar-refractivity contribution in [1.29, 1.82) is 0 Å². The molecule has 2 amide bonds. The van der Waals surface area contributed by atoms with E-state index in [1.54, 1.807) is 25.6 Å². The van der Waals surface area contributed by atoms with E-state index in [9.17, 15) is 9.59 Å². The monoisotopic (exact) mass is 508 g/mol. The highest BCUT2D eigenvalue weighted by atomic mass is 32.1. The third-order valence-electron chi connectivity index (χ3n) is 7.17. The summed E-state index contributed by atoms with van der Waals surface area (Å²) in [6.45, 7) is 3.18. The summed E-state index contributed by atoms with van der Waals surface area (Å²) in [6, 6.07) is 9.92. The number of ether oxygens (including phenoxy) is 2. The van der Waals surface area contributed by atoms with Crippen molar-refractivity contribution in [3.05, 3.63) is 64.4 Å². The van der Waals surface area contributed by atoms with Gasteiger partial charge < -0.3 is 23.8 Å². The minimum Gasteiger partial charge on any atom is -0.497 e.